The van der Waals surface area contributed by atoms with Gasteiger partial charge in [0.1, 0.15) is 5.75 Å². The fraction of sp³-hybridized carbons (Fsp3) is 0.333. The van der Waals surface area contributed by atoms with Gasteiger partial charge in [-0.3, -0.25) is 0 Å². The summed E-state index contributed by atoms with van der Waals surface area (Å²) in [5.74, 6) is -2.48. The van der Waals surface area contributed by atoms with Crippen molar-refractivity contribution in [2.24, 2.45) is 5.73 Å². The minimum atomic E-state index is -2.99. The molecule has 0 heterocycles. The maximum atomic E-state index is 13.1. The summed E-state index contributed by atoms with van der Waals surface area (Å²) in [6, 6.07) is 4.09. The fourth-order valence-electron chi connectivity index (χ4n) is 1.01. The first-order chi connectivity index (χ1) is 6.51. The largest absolute Gasteiger partial charge is 0.496 e. The fourth-order valence-corrected chi connectivity index (χ4v) is 1.55. The Hall–Kier alpha value is -0.680. The highest BCUT2D eigenvalue weighted by Crippen LogP contribution is 2.33. The second-order valence-electron chi connectivity index (χ2n) is 2.76. The number of benzene rings is 1. The van der Waals surface area contributed by atoms with E-state index in [1.165, 1.54) is 25.3 Å². The minimum Gasteiger partial charge on any atom is -0.496 e. The van der Waals surface area contributed by atoms with E-state index in [0.29, 0.717) is 10.2 Å². The molecule has 0 aliphatic rings. The maximum absolute atomic E-state index is 13.1. The van der Waals surface area contributed by atoms with Crippen LogP contribution in [0.4, 0.5) is 8.78 Å². The van der Waals surface area contributed by atoms with Crippen LogP contribution in [0.5, 0.6) is 5.75 Å². The third-order valence-electron chi connectivity index (χ3n) is 1.83. The molecule has 1 rings (SSSR count). The quantitative estimate of drug-likeness (QED) is 0.912. The number of rotatable bonds is 3. The van der Waals surface area contributed by atoms with Gasteiger partial charge in [-0.2, -0.15) is 8.78 Å². The van der Waals surface area contributed by atoms with E-state index < -0.39 is 12.5 Å². The summed E-state index contributed by atoms with van der Waals surface area (Å²) in [5.41, 5.74) is 4.84. The number of hydrogen-bond donors (Lipinski definition) is 1. The van der Waals surface area contributed by atoms with Crippen LogP contribution in [-0.4, -0.2) is 13.7 Å². The molecule has 2 N–H and O–H groups in total. The Bertz CT molecular complexity index is 331. The Balaban J connectivity index is 3.08. The number of methoxy groups -OCH3 is 1. The van der Waals surface area contributed by atoms with E-state index in [1.54, 1.807) is 0 Å². The van der Waals surface area contributed by atoms with Crippen LogP contribution in [0, 0.1) is 0 Å². The lowest BCUT2D eigenvalue weighted by molar-refractivity contribution is 0.00585. The van der Waals surface area contributed by atoms with Gasteiger partial charge in [0.05, 0.1) is 18.1 Å². The molecule has 0 radical (unpaired) electrons. The molecule has 1 aromatic rings. The monoisotopic (exact) mass is 265 g/mol. The standard InChI is InChI=1S/C9H10BrF2NO/c1-14-8-3-2-6(4-7(8)10)9(11,12)5-13/h2-4H,5,13H2,1H3. The summed E-state index contributed by atoms with van der Waals surface area (Å²) in [7, 11) is 1.47. The summed E-state index contributed by atoms with van der Waals surface area (Å²) in [5, 5.41) is 0. The van der Waals surface area contributed by atoms with Crippen molar-refractivity contribution in [3.05, 3.63) is 28.2 Å². The van der Waals surface area contributed by atoms with Crippen molar-refractivity contribution in [3.63, 3.8) is 0 Å². The van der Waals surface area contributed by atoms with E-state index in [4.69, 9.17) is 10.5 Å². The highest BCUT2D eigenvalue weighted by Gasteiger charge is 2.29. The van der Waals surface area contributed by atoms with Gasteiger partial charge in [-0.25, -0.2) is 0 Å². The van der Waals surface area contributed by atoms with Crippen molar-refractivity contribution in [1.82, 2.24) is 0 Å². The van der Waals surface area contributed by atoms with Crippen molar-refractivity contribution in [3.8, 4) is 5.75 Å². The summed E-state index contributed by atoms with van der Waals surface area (Å²) >= 11 is 3.13. The molecular weight excluding hydrogens is 256 g/mol. The van der Waals surface area contributed by atoms with Gasteiger partial charge in [-0.15, -0.1) is 0 Å². The lowest BCUT2D eigenvalue weighted by Crippen LogP contribution is -2.24. The number of alkyl halides is 2. The third-order valence-corrected chi connectivity index (χ3v) is 2.45. The Morgan fingerprint density at radius 3 is 2.57 bits per heavy atom. The molecule has 2 nitrogen and oxygen atoms in total. The van der Waals surface area contributed by atoms with E-state index >= 15 is 0 Å². The van der Waals surface area contributed by atoms with Crippen molar-refractivity contribution < 1.29 is 13.5 Å². The van der Waals surface area contributed by atoms with Gasteiger partial charge < -0.3 is 10.5 Å². The van der Waals surface area contributed by atoms with E-state index in [1.807, 2.05) is 0 Å². The first-order valence-electron chi connectivity index (χ1n) is 3.93. The van der Waals surface area contributed by atoms with Crippen LogP contribution < -0.4 is 10.5 Å². The second-order valence-corrected chi connectivity index (χ2v) is 3.61. The number of nitrogens with two attached hydrogens (primary N) is 1. The molecule has 0 unspecified atom stereocenters. The van der Waals surface area contributed by atoms with Crippen molar-refractivity contribution in [1.29, 1.82) is 0 Å². The van der Waals surface area contributed by atoms with Gasteiger partial charge >= 0.3 is 0 Å². The molecule has 5 heteroatoms. The molecule has 0 spiro atoms. The summed E-state index contributed by atoms with van der Waals surface area (Å²) < 4.78 is 31.6. The molecule has 14 heavy (non-hydrogen) atoms. The van der Waals surface area contributed by atoms with Gasteiger partial charge in [-0.1, -0.05) is 0 Å². The molecule has 0 bridgehead atoms. The molecule has 0 saturated carbocycles. The van der Waals surface area contributed by atoms with Gasteiger partial charge in [-0.05, 0) is 34.1 Å². The summed E-state index contributed by atoms with van der Waals surface area (Å²) in [6.07, 6.45) is 0. The Kier molecular flexibility index (Phi) is 3.44. The smallest absolute Gasteiger partial charge is 0.285 e. The zero-order chi connectivity index (χ0) is 10.8. The van der Waals surface area contributed by atoms with Crippen molar-refractivity contribution in [2.75, 3.05) is 13.7 Å². The highest BCUT2D eigenvalue weighted by molar-refractivity contribution is 9.10. The zero-order valence-corrected chi connectivity index (χ0v) is 9.14. The summed E-state index contributed by atoms with van der Waals surface area (Å²) in [4.78, 5) is 0. The minimum absolute atomic E-state index is 0.118. The Morgan fingerprint density at radius 1 is 1.50 bits per heavy atom. The average Bonchev–Trinajstić information content (AvgIpc) is 2.17. The average molecular weight is 266 g/mol. The van der Waals surface area contributed by atoms with Gasteiger partial charge in [0.25, 0.3) is 5.92 Å². The zero-order valence-electron chi connectivity index (χ0n) is 7.56. The van der Waals surface area contributed by atoms with E-state index in [9.17, 15) is 8.78 Å². The lowest BCUT2D eigenvalue weighted by atomic mass is 10.1. The molecule has 0 saturated heterocycles. The molecule has 0 amide bonds. The first-order valence-corrected chi connectivity index (χ1v) is 4.72. The molecule has 0 aliphatic carbocycles. The van der Waals surface area contributed by atoms with Crippen molar-refractivity contribution in [2.45, 2.75) is 5.92 Å². The molecular formula is C9H10BrF2NO. The van der Waals surface area contributed by atoms with E-state index in [-0.39, 0.29) is 5.56 Å². The van der Waals surface area contributed by atoms with Crippen LogP contribution in [0.2, 0.25) is 0 Å². The molecule has 78 valence electrons. The lowest BCUT2D eigenvalue weighted by Gasteiger charge is -2.15. The van der Waals surface area contributed by atoms with Crippen LogP contribution in [0.1, 0.15) is 5.56 Å². The van der Waals surface area contributed by atoms with Gasteiger partial charge in [0.2, 0.25) is 0 Å². The highest BCUT2D eigenvalue weighted by atomic mass is 79.9. The molecule has 0 fully saturated rings. The second kappa shape index (κ2) is 4.23. The topological polar surface area (TPSA) is 35.2 Å². The molecule has 0 atom stereocenters. The normalized spacial score (nSPS) is 11.5. The Morgan fingerprint density at radius 2 is 2.14 bits per heavy atom. The van der Waals surface area contributed by atoms with Gasteiger partial charge in [0.15, 0.2) is 0 Å². The van der Waals surface area contributed by atoms with Crippen LogP contribution >= 0.6 is 15.9 Å². The Labute approximate surface area is 89.2 Å². The van der Waals surface area contributed by atoms with Crippen LogP contribution in [-0.2, 0) is 5.92 Å². The first kappa shape index (κ1) is 11.4. The predicted molar refractivity (Wildman–Crippen MR) is 53.6 cm³/mol. The molecule has 0 aromatic heterocycles. The molecule has 0 aliphatic heterocycles. The van der Waals surface area contributed by atoms with Crippen molar-refractivity contribution >= 4 is 15.9 Å². The molecule has 1 aromatic carbocycles. The number of ether oxygens (including phenoxy) is 1. The van der Waals surface area contributed by atoms with Gasteiger partial charge in [0, 0.05) is 5.56 Å². The van der Waals surface area contributed by atoms with Crippen LogP contribution in [0.15, 0.2) is 22.7 Å². The summed E-state index contributed by atoms with van der Waals surface area (Å²) in [6.45, 7) is -0.703. The van der Waals surface area contributed by atoms with Crippen LogP contribution in [0.3, 0.4) is 0 Å². The number of halogens is 3. The third kappa shape index (κ3) is 2.22. The van der Waals surface area contributed by atoms with E-state index in [2.05, 4.69) is 15.9 Å². The number of hydrogen-bond acceptors (Lipinski definition) is 2. The SMILES string of the molecule is COc1ccc(C(F)(F)CN)cc1Br. The van der Waals surface area contributed by atoms with Crippen LogP contribution in [0.25, 0.3) is 0 Å². The maximum Gasteiger partial charge on any atom is 0.285 e. The van der Waals surface area contributed by atoms with E-state index in [0.717, 1.165) is 0 Å². The predicted octanol–water partition coefficient (Wildman–Crippen LogP) is 2.51.